The van der Waals surface area contributed by atoms with Gasteiger partial charge in [-0.1, -0.05) is 6.92 Å². The Morgan fingerprint density at radius 3 is 2.33 bits per heavy atom. The number of halogens is 1. The fraction of sp³-hybridized carbons (Fsp3) is 0.857. The van der Waals surface area contributed by atoms with E-state index in [4.69, 9.17) is 10.6 Å². The molecule has 0 bridgehead atoms. The molecule has 0 aliphatic rings. The second-order valence-electron chi connectivity index (χ2n) is 2.59. The monoisotopic (exact) mass is 195 g/mol. The number of hydrogen-bond donors (Lipinski definition) is 2. The van der Waals surface area contributed by atoms with Crippen molar-refractivity contribution in [2.24, 2.45) is 5.84 Å². The summed E-state index contributed by atoms with van der Waals surface area (Å²) in [4.78, 5) is 10.9. The van der Waals surface area contributed by atoms with Gasteiger partial charge < -0.3 is 17.1 Å². The fourth-order valence-corrected chi connectivity index (χ4v) is 0.765. The van der Waals surface area contributed by atoms with Gasteiger partial charge in [0.25, 0.3) is 5.91 Å². The molecule has 74 valence electrons. The molecule has 0 spiro atoms. The highest BCUT2D eigenvalue weighted by Gasteiger charge is 2.16. The summed E-state index contributed by atoms with van der Waals surface area (Å²) >= 11 is 0. The predicted octanol–water partition coefficient (Wildman–Crippen LogP) is -2.82. The molecule has 0 aromatic rings. The van der Waals surface area contributed by atoms with Gasteiger partial charge in [-0.3, -0.25) is 10.2 Å². The van der Waals surface area contributed by atoms with Crippen molar-refractivity contribution < 1.29 is 21.9 Å². The molecule has 0 aliphatic carbocycles. The van der Waals surface area contributed by atoms with Gasteiger partial charge in [0, 0.05) is 0 Å². The van der Waals surface area contributed by atoms with Crippen LogP contribution in [0.4, 0.5) is 0 Å². The number of hydrogen-bond acceptors (Lipinski definition) is 3. The van der Waals surface area contributed by atoms with Crippen LogP contribution >= 0.6 is 0 Å². The van der Waals surface area contributed by atoms with E-state index in [1.807, 2.05) is 20.8 Å². The van der Waals surface area contributed by atoms with Gasteiger partial charge in [-0.25, -0.2) is 5.84 Å². The van der Waals surface area contributed by atoms with Crippen LogP contribution in [0.25, 0.3) is 0 Å². The van der Waals surface area contributed by atoms with E-state index < -0.39 is 6.10 Å². The molecule has 0 aromatic carbocycles. The molecule has 5 heteroatoms. The maximum absolute atomic E-state index is 10.9. The van der Waals surface area contributed by atoms with Crippen molar-refractivity contribution in [3.05, 3.63) is 0 Å². The summed E-state index contributed by atoms with van der Waals surface area (Å²) in [7, 11) is 0. The zero-order valence-corrected chi connectivity index (χ0v) is 8.39. The molecule has 0 saturated carbocycles. The largest absolute Gasteiger partial charge is 1.00 e. The highest BCUT2D eigenvalue weighted by atomic mass is 35.5. The molecule has 12 heavy (non-hydrogen) atoms. The molecule has 0 fully saturated rings. The Hall–Kier alpha value is -0.320. The molecule has 1 amide bonds. The summed E-state index contributed by atoms with van der Waals surface area (Å²) < 4.78 is 5.26. The van der Waals surface area contributed by atoms with Gasteiger partial charge in [0.2, 0.25) is 0 Å². The molecule has 0 saturated heterocycles. The van der Waals surface area contributed by atoms with Crippen molar-refractivity contribution in [2.75, 3.05) is 0 Å². The van der Waals surface area contributed by atoms with E-state index in [1.165, 1.54) is 0 Å². The van der Waals surface area contributed by atoms with E-state index in [-0.39, 0.29) is 24.4 Å². The van der Waals surface area contributed by atoms with Gasteiger partial charge in [-0.05, 0) is 20.3 Å². The number of nitrogens with two attached hydrogens (primary N) is 1. The third-order valence-corrected chi connectivity index (χ3v) is 1.24. The Balaban J connectivity index is 0. The second kappa shape index (κ2) is 7.34. The SMILES string of the molecule is CCC(OC(C)C)C(=O)NN.[Cl-]. The minimum absolute atomic E-state index is 0. The maximum atomic E-state index is 10.9. The van der Waals surface area contributed by atoms with Crippen molar-refractivity contribution in [2.45, 2.75) is 39.4 Å². The standard InChI is InChI=1S/C7H16N2O2.ClH/c1-4-6(7(10)9-8)11-5(2)3;/h5-6H,4,8H2,1-3H3,(H,9,10);1H/p-1. The molecule has 0 rings (SSSR count). The van der Waals surface area contributed by atoms with Crippen LogP contribution in [0.5, 0.6) is 0 Å². The van der Waals surface area contributed by atoms with Crippen LogP contribution in [0.15, 0.2) is 0 Å². The van der Waals surface area contributed by atoms with E-state index in [9.17, 15) is 4.79 Å². The molecule has 0 heterocycles. The molecular weight excluding hydrogens is 180 g/mol. The minimum atomic E-state index is -0.417. The summed E-state index contributed by atoms with van der Waals surface area (Å²) in [5, 5.41) is 0. The molecule has 4 nitrogen and oxygen atoms in total. The number of carbonyl (C=O) groups is 1. The topological polar surface area (TPSA) is 64.3 Å². The number of amides is 1. The van der Waals surface area contributed by atoms with Crippen LogP contribution in [0.1, 0.15) is 27.2 Å². The number of ether oxygens (including phenoxy) is 1. The highest BCUT2D eigenvalue weighted by molar-refractivity contribution is 5.80. The van der Waals surface area contributed by atoms with E-state index in [2.05, 4.69) is 5.43 Å². The summed E-state index contributed by atoms with van der Waals surface area (Å²) in [6.45, 7) is 5.64. The summed E-state index contributed by atoms with van der Waals surface area (Å²) in [6.07, 6.45) is 0.276. The summed E-state index contributed by atoms with van der Waals surface area (Å²) in [5.41, 5.74) is 2.06. The van der Waals surface area contributed by atoms with Crippen LogP contribution in [0.3, 0.4) is 0 Å². The van der Waals surface area contributed by atoms with Crippen molar-refractivity contribution in [1.82, 2.24) is 5.43 Å². The van der Waals surface area contributed by atoms with E-state index in [0.717, 1.165) is 0 Å². The van der Waals surface area contributed by atoms with Gasteiger partial charge >= 0.3 is 0 Å². The lowest BCUT2D eigenvalue weighted by Gasteiger charge is -2.16. The van der Waals surface area contributed by atoms with Crippen molar-refractivity contribution in [1.29, 1.82) is 0 Å². The quantitative estimate of drug-likeness (QED) is 0.289. The van der Waals surface area contributed by atoms with Crippen LogP contribution in [0.2, 0.25) is 0 Å². The fourth-order valence-electron chi connectivity index (χ4n) is 0.765. The first-order chi connectivity index (χ1) is 5.11. The van der Waals surface area contributed by atoms with Crippen molar-refractivity contribution in [3.63, 3.8) is 0 Å². The zero-order chi connectivity index (χ0) is 8.85. The van der Waals surface area contributed by atoms with E-state index in [0.29, 0.717) is 6.42 Å². The summed E-state index contributed by atoms with van der Waals surface area (Å²) in [5.74, 6) is 4.68. The van der Waals surface area contributed by atoms with Gasteiger partial charge in [0.05, 0.1) is 6.10 Å². The first kappa shape index (κ1) is 14.2. The third-order valence-electron chi connectivity index (χ3n) is 1.24. The normalized spacial score (nSPS) is 12.1. The Kier molecular flexibility index (Phi) is 8.69. The van der Waals surface area contributed by atoms with Gasteiger partial charge in [-0.15, -0.1) is 0 Å². The number of carbonyl (C=O) groups excluding carboxylic acids is 1. The summed E-state index contributed by atoms with van der Waals surface area (Å²) in [6, 6.07) is 0. The van der Waals surface area contributed by atoms with E-state index in [1.54, 1.807) is 0 Å². The van der Waals surface area contributed by atoms with Crippen molar-refractivity contribution in [3.8, 4) is 0 Å². The average molecular weight is 196 g/mol. The van der Waals surface area contributed by atoms with Crippen LogP contribution < -0.4 is 23.7 Å². The Morgan fingerprint density at radius 2 is 2.08 bits per heavy atom. The number of hydrazine groups is 1. The third kappa shape index (κ3) is 5.35. The molecule has 3 N–H and O–H groups in total. The maximum Gasteiger partial charge on any atom is 0.262 e. The lowest BCUT2D eigenvalue weighted by molar-refractivity contribution is -0.135. The smallest absolute Gasteiger partial charge is 0.262 e. The van der Waals surface area contributed by atoms with Crippen molar-refractivity contribution >= 4 is 5.91 Å². The van der Waals surface area contributed by atoms with E-state index >= 15 is 0 Å². The molecule has 1 unspecified atom stereocenters. The minimum Gasteiger partial charge on any atom is -1.00 e. The molecule has 0 aromatic heterocycles. The first-order valence-corrected chi connectivity index (χ1v) is 3.77. The zero-order valence-electron chi connectivity index (χ0n) is 7.63. The number of rotatable bonds is 4. The van der Waals surface area contributed by atoms with Crippen LogP contribution in [-0.4, -0.2) is 18.1 Å². The first-order valence-electron chi connectivity index (χ1n) is 3.77. The predicted molar refractivity (Wildman–Crippen MR) is 42.6 cm³/mol. The number of nitrogens with one attached hydrogen (secondary N) is 1. The van der Waals surface area contributed by atoms with Crippen LogP contribution in [0, 0.1) is 0 Å². The second-order valence-corrected chi connectivity index (χ2v) is 2.59. The van der Waals surface area contributed by atoms with Gasteiger partial charge in [-0.2, -0.15) is 0 Å². The van der Waals surface area contributed by atoms with Gasteiger partial charge in [0.1, 0.15) is 6.10 Å². The molecular formula is C7H16ClN2O2-. The van der Waals surface area contributed by atoms with Gasteiger partial charge in [0.15, 0.2) is 0 Å². The molecule has 0 aliphatic heterocycles. The van der Waals surface area contributed by atoms with Crippen LogP contribution in [-0.2, 0) is 9.53 Å². The molecule has 0 radical (unpaired) electrons. The molecule has 1 atom stereocenters. The Morgan fingerprint density at radius 1 is 1.58 bits per heavy atom. The Bertz CT molecular complexity index is 131. The average Bonchev–Trinajstić information content (AvgIpc) is 1.98. The lowest BCUT2D eigenvalue weighted by Crippen LogP contribution is -3.00. The highest BCUT2D eigenvalue weighted by Crippen LogP contribution is 2.01. The Labute approximate surface area is 79.2 Å². The lowest BCUT2D eigenvalue weighted by atomic mass is 10.2.